The van der Waals surface area contributed by atoms with E-state index in [1.807, 2.05) is 36.0 Å². The Morgan fingerprint density at radius 2 is 0.968 bits per heavy atom. The van der Waals surface area contributed by atoms with Crippen LogP contribution in [0.5, 0.6) is 0 Å². The van der Waals surface area contributed by atoms with Crippen molar-refractivity contribution in [3.8, 4) is 0 Å². The zero-order chi connectivity index (χ0) is 23.0. The minimum absolute atomic E-state index is 0.100. The van der Waals surface area contributed by atoms with Gasteiger partial charge in [-0.25, -0.2) is 0 Å². The molecule has 0 fully saturated rings. The van der Waals surface area contributed by atoms with Crippen LogP contribution in [0.2, 0.25) is 0 Å². The summed E-state index contributed by atoms with van der Waals surface area (Å²) in [5.41, 5.74) is 2.38. The number of nitro groups is 2. The monoisotopic (exact) mass is 444 g/mol. The molecule has 0 spiro atoms. The summed E-state index contributed by atoms with van der Waals surface area (Å²) in [4.78, 5) is 21.3. The van der Waals surface area contributed by atoms with Crippen LogP contribution in [0, 0.1) is 32.1 Å². The van der Waals surface area contributed by atoms with Crippen molar-refractivity contribution in [3.63, 3.8) is 0 Å². The standard InChI is InChI=1S/C24H32N2O4S/c1-17(2)5-15-23(19-7-11-21(12-8-19)25(27)28)31-24(16-6-18(3)4)20-9-13-22(14-10-20)26(29)30/h7-14,17-18,23-24H,5-6,15-16H2,1-4H3/t23-,24+. The van der Waals surface area contributed by atoms with Gasteiger partial charge in [-0.1, -0.05) is 52.0 Å². The number of benzene rings is 2. The first kappa shape index (κ1) is 24.9. The molecule has 2 atom stereocenters. The molecule has 31 heavy (non-hydrogen) atoms. The van der Waals surface area contributed by atoms with Crippen molar-refractivity contribution in [2.75, 3.05) is 0 Å². The van der Waals surface area contributed by atoms with Gasteiger partial charge in [-0.3, -0.25) is 20.2 Å². The summed E-state index contributed by atoms with van der Waals surface area (Å²) in [7, 11) is 0. The van der Waals surface area contributed by atoms with Gasteiger partial charge in [0.05, 0.1) is 9.85 Å². The van der Waals surface area contributed by atoms with Gasteiger partial charge in [0, 0.05) is 34.8 Å². The third-order valence-corrected chi connectivity index (χ3v) is 6.97. The molecule has 168 valence electrons. The number of non-ortho nitro benzene ring substituents is 2. The molecule has 0 bridgehead atoms. The van der Waals surface area contributed by atoms with Gasteiger partial charge in [0.25, 0.3) is 11.4 Å². The molecule has 2 aromatic rings. The van der Waals surface area contributed by atoms with Crippen molar-refractivity contribution in [1.82, 2.24) is 0 Å². The SMILES string of the molecule is CC(C)CC[C@H](S[C@H](CCC(C)C)c1ccc([N+](=O)[O-])cc1)c1ccc([N+](=O)[O-])cc1. The van der Waals surface area contributed by atoms with Crippen LogP contribution in [0.25, 0.3) is 0 Å². The molecule has 0 heterocycles. The average Bonchev–Trinajstić information content (AvgIpc) is 2.73. The molecule has 0 aliphatic carbocycles. The van der Waals surface area contributed by atoms with E-state index in [2.05, 4.69) is 27.7 Å². The largest absolute Gasteiger partial charge is 0.269 e. The summed E-state index contributed by atoms with van der Waals surface area (Å²) >= 11 is 1.87. The van der Waals surface area contributed by atoms with Gasteiger partial charge in [-0.15, -0.1) is 11.8 Å². The Morgan fingerprint density at radius 3 is 1.23 bits per heavy atom. The molecule has 0 aromatic heterocycles. The average molecular weight is 445 g/mol. The van der Waals surface area contributed by atoms with Crippen LogP contribution in [0.4, 0.5) is 11.4 Å². The zero-order valence-electron chi connectivity index (χ0n) is 18.7. The summed E-state index contributed by atoms with van der Waals surface area (Å²) in [5.74, 6) is 1.13. The van der Waals surface area contributed by atoms with Crippen molar-refractivity contribution >= 4 is 23.1 Å². The molecular weight excluding hydrogens is 412 g/mol. The third-order valence-electron chi connectivity index (χ3n) is 5.29. The van der Waals surface area contributed by atoms with E-state index >= 15 is 0 Å². The van der Waals surface area contributed by atoms with Crippen molar-refractivity contribution in [2.45, 2.75) is 63.9 Å². The predicted octanol–water partition coefficient (Wildman–Crippen LogP) is 7.89. The Kier molecular flexibility index (Phi) is 9.49. The van der Waals surface area contributed by atoms with Crippen molar-refractivity contribution < 1.29 is 9.85 Å². The fraction of sp³-hybridized carbons (Fsp3) is 0.500. The zero-order valence-corrected chi connectivity index (χ0v) is 19.5. The minimum atomic E-state index is -0.373. The molecule has 7 heteroatoms. The van der Waals surface area contributed by atoms with E-state index in [0.29, 0.717) is 11.8 Å². The maximum atomic E-state index is 11.0. The van der Waals surface area contributed by atoms with Crippen molar-refractivity contribution in [2.24, 2.45) is 11.8 Å². The molecular formula is C24H32N2O4S. The molecule has 0 saturated carbocycles. The van der Waals surface area contributed by atoms with Gasteiger partial charge < -0.3 is 0 Å². The molecule has 0 amide bonds. The van der Waals surface area contributed by atoms with Crippen LogP contribution in [0.3, 0.4) is 0 Å². The Hall–Kier alpha value is -2.41. The quantitative estimate of drug-likeness (QED) is 0.245. The summed E-state index contributed by atoms with van der Waals surface area (Å²) in [6.45, 7) is 8.79. The molecule has 0 unspecified atom stereocenters. The van der Waals surface area contributed by atoms with E-state index < -0.39 is 0 Å². The van der Waals surface area contributed by atoms with E-state index in [9.17, 15) is 20.2 Å². The number of hydrogen-bond acceptors (Lipinski definition) is 5. The topological polar surface area (TPSA) is 86.3 Å². The van der Waals surface area contributed by atoms with Crippen molar-refractivity contribution in [1.29, 1.82) is 0 Å². The van der Waals surface area contributed by atoms with E-state index in [-0.39, 0.29) is 31.7 Å². The second kappa shape index (κ2) is 11.8. The van der Waals surface area contributed by atoms with Gasteiger partial charge in [-0.05, 0) is 48.6 Å². The Labute approximate surface area is 188 Å². The minimum Gasteiger partial charge on any atom is -0.258 e. The number of nitro benzene ring substituents is 2. The van der Waals surface area contributed by atoms with Crippen molar-refractivity contribution in [3.05, 3.63) is 79.9 Å². The maximum Gasteiger partial charge on any atom is 0.269 e. The lowest BCUT2D eigenvalue weighted by molar-refractivity contribution is -0.385. The van der Waals surface area contributed by atoms with Crippen LogP contribution in [-0.4, -0.2) is 9.85 Å². The van der Waals surface area contributed by atoms with Crippen LogP contribution >= 0.6 is 11.8 Å². The fourth-order valence-electron chi connectivity index (χ4n) is 3.42. The molecule has 0 radical (unpaired) electrons. The number of rotatable bonds is 12. The van der Waals surface area contributed by atoms with Gasteiger partial charge in [0.2, 0.25) is 0 Å². The highest BCUT2D eigenvalue weighted by atomic mass is 32.2. The van der Waals surface area contributed by atoms with E-state index in [1.54, 1.807) is 24.3 Å². The maximum absolute atomic E-state index is 11.0. The van der Waals surface area contributed by atoms with Crippen LogP contribution in [0.1, 0.15) is 75.0 Å². The first-order chi connectivity index (χ1) is 14.7. The van der Waals surface area contributed by atoms with Crippen LogP contribution in [-0.2, 0) is 0 Å². The fourth-order valence-corrected chi connectivity index (χ4v) is 4.99. The summed E-state index contributed by atoms with van der Waals surface area (Å²) in [6, 6.07) is 13.8. The first-order valence-corrected chi connectivity index (χ1v) is 11.8. The predicted molar refractivity (Wildman–Crippen MR) is 127 cm³/mol. The normalized spacial score (nSPS) is 13.4. The van der Waals surface area contributed by atoms with Crippen LogP contribution < -0.4 is 0 Å². The third kappa shape index (κ3) is 7.98. The lowest BCUT2D eigenvalue weighted by atomic mass is 10.0. The van der Waals surface area contributed by atoms with Gasteiger partial charge in [0.15, 0.2) is 0 Å². The highest BCUT2D eigenvalue weighted by Crippen LogP contribution is 2.46. The summed E-state index contributed by atoms with van der Waals surface area (Å²) in [6.07, 6.45) is 4.08. The van der Waals surface area contributed by atoms with Gasteiger partial charge >= 0.3 is 0 Å². The highest BCUT2D eigenvalue weighted by Gasteiger charge is 2.22. The number of thioether (sulfide) groups is 1. The lowest BCUT2D eigenvalue weighted by Gasteiger charge is -2.25. The molecule has 2 aromatic carbocycles. The molecule has 0 aliphatic heterocycles. The second-order valence-electron chi connectivity index (χ2n) is 8.75. The Morgan fingerprint density at radius 1 is 0.645 bits per heavy atom. The Balaban J connectivity index is 2.30. The number of nitrogens with zero attached hydrogens (tertiary/aromatic N) is 2. The highest BCUT2D eigenvalue weighted by molar-refractivity contribution is 7.99. The van der Waals surface area contributed by atoms with E-state index in [4.69, 9.17) is 0 Å². The van der Waals surface area contributed by atoms with Crippen LogP contribution in [0.15, 0.2) is 48.5 Å². The molecule has 0 N–H and O–H groups in total. The van der Waals surface area contributed by atoms with Gasteiger partial charge in [0.1, 0.15) is 0 Å². The molecule has 0 aliphatic rings. The van der Waals surface area contributed by atoms with E-state index in [1.165, 1.54) is 0 Å². The van der Waals surface area contributed by atoms with E-state index in [0.717, 1.165) is 36.8 Å². The smallest absolute Gasteiger partial charge is 0.258 e. The number of hydrogen-bond donors (Lipinski definition) is 0. The molecule has 0 saturated heterocycles. The Bertz CT molecular complexity index is 779. The lowest BCUT2D eigenvalue weighted by Crippen LogP contribution is -2.04. The molecule has 2 rings (SSSR count). The van der Waals surface area contributed by atoms with Gasteiger partial charge in [-0.2, -0.15) is 0 Å². The first-order valence-electron chi connectivity index (χ1n) is 10.8. The molecule has 6 nitrogen and oxygen atoms in total. The second-order valence-corrected chi connectivity index (χ2v) is 10.2. The summed E-state index contributed by atoms with van der Waals surface area (Å²) in [5, 5.41) is 22.5. The summed E-state index contributed by atoms with van der Waals surface area (Å²) < 4.78 is 0.